The summed E-state index contributed by atoms with van der Waals surface area (Å²) >= 11 is 0. The molecule has 0 N–H and O–H groups in total. The Bertz CT molecular complexity index is 862. The molecule has 3 heterocycles. The summed E-state index contributed by atoms with van der Waals surface area (Å²) in [7, 11) is 0. The number of likely N-dealkylation sites (tertiary alicyclic amines) is 1. The van der Waals surface area contributed by atoms with Crippen LogP contribution in [-0.2, 0) is 0 Å². The molecular formula is C18H19N5O2. The molecule has 0 bridgehead atoms. The lowest BCUT2D eigenvalue weighted by Gasteiger charge is -2.31. The molecule has 7 nitrogen and oxygen atoms in total. The predicted octanol–water partition coefficient (Wildman–Crippen LogP) is 2.72. The Balaban J connectivity index is 1.42. The molecule has 1 fully saturated rings. The quantitative estimate of drug-likeness (QED) is 0.734. The third kappa shape index (κ3) is 3.05. The van der Waals surface area contributed by atoms with Crippen molar-refractivity contribution in [1.29, 1.82) is 0 Å². The molecule has 4 rings (SSSR count). The lowest BCUT2D eigenvalue weighted by molar-refractivity contribution is 0.0687. The normalized spacial score (nSPS) is 15.5. The Morgan fingerprint density at radius 3 is 2.64 bits per heavy atom. The van der Waals surface area contributed by atoms with E-state index in [-0.39, 0.29) is 11.9 Å². The van der Waals surface area contributed by atoms with Crippen LogP contribution in [0.25, 0.3) is 11.3 Å². The number of carbonyl (C=O) groups excluding carboxylic acids is 1. The number of aromatic nitrogens is 4. The summed E-state index contributed by atoms with van der Waals surface area (Å²) in [5.74, 6) is 0.552. The van der Waals surface area contributed by atoms with Gasteiger partial charge in [-0.25, -0.2) is 4.68 Å². The minimum absolute atomic E-state index is 0.0132. The largest absolute Gasteiger partial charge is 0.361 e. The average Bonchev–Trinajstić information content (AvgIpc) is 3.31. The van der Waals surface area contributed by atoms with Crippen LogP contribution in [0.3, 0.4) is 0 Å². The molecule has 0 unspecified atom stereocenters. The van der Waals surface area contributed by atoms with E-state index >= 15 is 0 Å². The van der Waals surface area contributed by atoms with Gasteiger partial charge in [-0.1, -0.05) is 40.7 Å². The molecule has 3 aromatic rings. The first-order valence-corrected chi connectivity index (χ1v) is 8.40. The summed E-state index contributed by atoms with van der Waals surface area (Å²) in [6, 6.07) is 10.3. The van der Waals surface area contributed by atoms with Gasteiger partial charge in [-0.05, 0) is 19.8 Å². The zero-order chi connectivity index (χ0) is 17.2. The average molecular weight is 337 g/mol. The highest BCUT2D eigenvalue weighted by atomic mass is 16.5. The maximum absolute atomic E-state index is 12.5. The standard InChI is InChI=1S/C18H19N5O2/c1-13-16(11-19-25-13)18(24)22-9-7-15(8-10-22)23-12-17(20-21-23)14-5-3-2-4-6-14/h2-6,11-12,15H,7-10H2,1H3. The van der Waals surface area contributed by atoms with Gasteiger partial charge in [0.25, 0.3) is 5.91 Å². The zero-order valence-corrected chi connectivity index (χ0v) is 14.0. The highest BCUT2D eigenvalue weighted by molar-refractivity contribution is 5.94. The fraction of sp³-hybridized carbons (Fsp3) is 0.333. The second-order valence-corrected chi connectivity index (χ2v) is 6.27. The Labute approximate surface area is 145 Å². The molecule has 0 atom stereocenters. The van der Waals surface area contributed by atoms with Crippen LogP contribution >= 0.6 is 0 Å². The van der Waals surface area contributed by atoms with Crippen LogP contribution in [0, 0.1) is 6.92 Å². The van der Waals surface area contributed by atoms with E-state index in [1.165, 1.54) is 6.20 Å². The number of rotatable bonds is 3. The number of benzene rings is 1. The second kappa shape index (κ2) is 6.51. The molecular weight excluding hydrogens is 318 g/mol. The molecule has 0 radical (unpaired) electrons. The van der Waals surface area contributed by atoms with Gasteiger partial charge < -0.3 is 9.42 Å². The van der Waals surface area contributed by atoms with Crippen LogP contribution < -0.4 is 0 Å². The number of aryl methyl sites for hydroxylation is 1. The Hall–Kier alpha value is -2.96. The Morgan fingerprint density at radius 1 is 1.20 bits per heavy atom. The van der Waals surface area contributed by atoms with Crippen molar-refractivity contribution >= 4 is 5.91 Å². The second-order valence-electron chi connectivity index (χ2n) is 6.27. The topological polar surface area (TPSA) is 77.0 Å². The molecule has 1 aliphatic rings. The highest BCUT2D eigenvalue weighted by Gasteiger charge is 2.27. The van der Waals surface area contributed by atoms with E-state index in [1.54, 1.807) is 6.92 Å². The van der Waals surface area contributed by atoms with Crippen molar-refractivity contribution in [1.82, 2.24) is 25.1 Å². The van der Waals surface area contributed by atoms with Crippen molar-refractivity contribution in [3.05, 3.63) is 54.0 Å². The first-order valence-electron chi connectivity index (χ1n) is 8.40. The van der Waals surface area contributed by atoms with Gasteiger partial charge in [-0.3, -0.25) is 4.79 Å². The summed E-state index contributed by atoms with van der Waals surface area (Å²) in [5, 5.41) is 12.3. The van der Waals surface area contributed by atoms with Crippen molar-refractivity contribution in [2.45, 2.75) is 25.8 Å². The van der Waals surface area contributed by atoms with E-state index in [4.69, 9.17) is 4.52 Å². The molecule has 7 heteroatoms. The van der Waals surface area contributed by atoms with Gasteiger partial charge in [0, 0.05) is 18.7 Å². The molecule has 0 spiro atoms. The molecule has 25 heavy (non-hydrogen) atoms. The summed E-state index contributed by atoms with van der Waals surface area (Å²) < 4.78 is 6.92. The van der Waals surface area contributed by atoms with Crippen molar-refractivity contribution in [3.63, 3.8) is 0 Å². The predicted molar refractivity (Wildman–Crippen MR) is 90.9 cm³/mol. The van der Waals surface area contributed by atoms with Gasteiger partial charge in [0.1, 0.15) is 17.0 Å². The van der Waals surface area contributed by atoms with Crippen molar-refractivity contribution in [2.24, 2.45) is 0 Å². The number of hydrogen-bond acceptors (Lipinski definition) is 5. The maximum Gasteiger partial charge on any atom is 0.259 e. The van der Waals surface area contributed by atoms with E-state index in [2.05, 4.69) is 15.5 Å². The minimum atomic E-state index is -0.0132. The Morgan fingerprint density at radius 2 is 1.96 bits per heavy atom. The molecule has 1 aromatic carbocycles. The number of piperidine rings is 1. The van der Waals surface area contributed by atoms with E-state index in [1.807, 2.05) is 46.1 Å². The summed E-state index contributed by atoms with van der Waals surface area (Å²) in [6.45, 7) is 3.14. The summed E-state index contributed by atoms with van der Waals surface area (Å²) in [5.41, 5.74) is 2.48. The van der Waals surface area contributed by atoms with Crippen LogP contribution in [0.15, 0.2) is 47.2 Å². The molecule has 128 valence electrons. The maximum atomic E-state index is 12.5. The van der Waals surface area contributed by atoms with Gasteiger partial charge in [-0.15, -0.1) is 5.10 Å². The van der Waals surface area contributed by atoms with Gasteiger partial charge in [0.15, 0.2) is 0 Å². The fourth-order valence-electron chi connectivity index (χ4n) is 3.20. The molecule has 0 aliphatic carbocycles. The van der Waals surface area contributed by atoms with Crippen molar-refractivity contribution in [3.8, 4) is 11.3 Å². The summed E-state index contributed by atoms with van der Waals surface area (Å²) in [4.78, 5) is 14.4. The smallest absolute Gasteiger partial charge is 0.259 e. The zero-order valence-electron chi connectivity index (χ0n) is 14.0. The number of hydrogen-bond donors (Lipinski definition) is 0. The molecule has 1 aliphatic heterocycles. The van der Waals surface area contributed by atoms with Crippen molar-refractivity contribution in [2.75, 3.05) is 13.1 Å². The lowest BCUT2D eigenvalue weighted by Crippen LogP contribution is -2.39. The molecule has 1 saturated heterocycles. The Kier molecular flexibility index (Phi) is 4.05. The number of carbonyl (C=O) groups is 1. The van der Waals surface area contributed by atoms with Crippen LogP contribution in [0.2, 0.25) is 0 Å². The third-order valence-corrected chi connectivity index (χ3v) is 4.69. The van der Waals surface area contributed by atoms with Gasteiger partial charge in [0.2, 0.25) is 0 Å². The molecule has 0 saturated carbocycles. The van der Waals surface area contributed by atoms with E-state index in [0.29, 0.717) is 24.4 Å². The van der Waals surface area contributed by atoms with Crippen LogP contribution in [0.4, 0.5) is 0 Å². The van der Waals surface area contributed by atoms with E-state index < -0.39 is 0 Å². The van der Waals surface area contributed by atoms with Crippen LogP contribution in [-0.4, -0.2) is 44.0 Å². The number of nitrogens with zero attached hydrogens (tertiary/aromatic N) is 5. The van der Waals surface area contributed by atoms with Crippen LogP contribution in [0.1, 0.15) is 35.0 Å². The molecule has 2 aromatic heterocycles. The first kappa shape index (κ1) is 15.6. The van der Waals surface area contributed by atoms with Crippen LogP contribution in [0.5, 0.6) is 0 Å². The monoisotopic (exact) mass is 337 g/mol. The third-order valence-electron chi connectivity index (χ3n) is 4.69. The van der Waals surface area contributed by atoms with Gasteiger partial charge in [0.05, 0.1) is 18.4 Å². The number of amides is 1. The highest BCUT2D eigenvalue weighted by Crippen LogP contribution is 2.25. The van der Waals surface area contributed by atoms with Gasteiger partial charge in [-0.2, -0.15) is 0 Å². The fourth-order valence-corrected chi connectivity index (χ4v) is 3.20. The van der Waals surface area contributed by atoms with E-state index in [9.17, 15) is 4.79 Å². The summed E-state index contributed by atoms with van der Waals surface area (Å²) in [6.07, 6.45) is 5.19. The SMILES string of the molecule is Cc1oncc1C(=O)N1CCC(n2cc(-c3ccccc3)nn2)CC1. The molecule has 1 amide bonds. The minimum Gasteiger partial charge on any atom is -0.361 e. The van der Waals surface area contributed by atoms with E-state index in [0.717, 1.165) is 24.1 Å². The van der Waals surface area contributed by atoms with Crippen molar-refractivity contribution < 1.29 is 9.32 Å². The lowest BCUT2D eigenvalue weighted by atomic mass is 10.0. The van der Waals surface area contributed by atoms with Gasteiger partial charge >= 0.3 is 0 Å². The first-order chi connectivity index (χ1) is 12.2.